The molecule has 0 unspecified atom stereocenters. The molecule has 0 aliphatic rings. The van der Waals surface area contributed by atoms with Gasteiger partial charge >= 0.3 is 6.09 Å². The molecular weight excluding hydrogens is 323 g/mol. The quantitative estimate of drug-likeness (QED) is 0.798. The van der Waals surface area contributed by atoms with E-state index < -0.39 is 11.7 Å². The topological polar surface area (TPSA) is 58.6 Å². The van der Waals surface area contributed by atoms with E-state index in [-0.39, 0.29) is 11.7 Å². The number of carbonyl (C=O) groups excluding carboxylic acids is 2. The van der Waals surface area contributed by atoms with E-state index in [1.807, 2.05) is 27.7 Å². The molecule has 0 aliphatic carbocycles. The number of nitrogens with one attached hydrogen (secondary N) is 1. The number of rotatable bonds is 6. The first-order chi connectivity index (χ1) is 11.6. The van der Waals surface area contributed by atoms with Crippen LogP contribution in [0.1, 0.15) is 40.2 Å². The Morgan fingerprint density at radius 3 is 2.36 bits per heavy atom. The highest BCUT2D eigenvalue weighted by Gasteiger charge is 2.20. The normalized spacial score (nSPS) is 11.8. The van der Waals surface area contributed by atoms with Gasteiger partial charge in [0.1, 0.15) is 11.4 Å². The summed E-state index contributed by atoms with van der Waals surface area (Å²) in [6, 6.07) is 5.95. The van der Waals surface area contributed by atoms with Gasteiger partial charge in [-0.15, -0.1) is 0 Å². The Morgan fingerprint density at radius 2 is 1.84 bits per heavy atom. The molecule has 0 aliphatic heterocycles. The van der Waals surface area contributed by atoms with E-state index in [9.17, 15) is 14.0 Å². The number of nitrogens with zero attached hydrogens (tertiary/aromatic N) is 1. The summed E-state index contributed by atoms with van der Waals surface area (Å²) in [4.78, 5) is 25.5. The fourth-order valence-electron chi connectivity index (χ4n) is 2.06. The summed E-state index contributed by atoms with van der Waals surface area (Å²) in [5.74, 6) is -0.579. The highest BCUT2D eigenvalue weighted by atomic mass is 19.1. The molecule has 0 spiro atoms. The molecule has 138 valence electrons. The number of halogens is 1. The molecule has 1 N–H and O–H groups in total. The molecule has 0 aromatic heterocycles. The van der Waals surface area contributed by atoms with Crippen molar-refractivity contribution in [3.05, 3.63) is 41.7 Å². The molecular formula is C19H27FN2O3. The number of carbonyl (C=O) groups is 2. The van der Waals surface area contributed by atoms with Gasteiger partial charge in [-0.3, -0.25) is 4.79 Å². The number of amides is 2. The maximum atomic E-state index is 12.9. The van der Waals surface area contributed by atoms with Crippen LogP contribution < -0.4 is 5.32 Å². The fourth-order valence-corrected chi connectivity index (χ4v) is 2.06. The zero-order valence-electron chi connectivity index (χ0n) is 15.6. The van der Waals surface area contributed by atoms with E-state index in [0.717, 1.165) is 11.1 Å². The summed E-state index contributed by atoms with van der Waals surface area (Å²) in [6.07, 6.45) is 1.05. The van der Waals surface area contributed by atoms with Crippen molar-refractivity contribution in [2.75, 3.05) is 19.6 Å². The molecule has 0 radical (unpaired) electrons. The van der Waals surface area contributed by atoms with E-state index >= 15 is 0 Å². The van der Waals surface area contributed by atoms with Crippen molar-refractivity contribution in [2.24, 2.45) is 0 Å². The number of ether oxygens (including phenoxy) is 1. The van der Waals surface area contributed by atoms with Gasteiger partial charge < -0.3 is 15.0 Å². The van der Waals surface area contributed by atoms with Gasteiger partial charge in [0.25, 0.3) is 0 Å². The SMILES string of the molecule is CCN(CCNC(=O)/C=C(/C)c1ccc(F)cc1)C(=O)OC(C)(C)C. The van der Waals surface area contributed by atoms with Crippen molar-refractivity contribution in [3.8, 4) is 0 Å². The molecule has 0 bridgehead atoms. The van der Waals surface area contributed by atoms with Crippen LogP contribution in [0, 0.1) is 5.82 Å². The lowest BCUT2D eigenvalue weighted by Crippen LogP contribution is -2.41. The van der Waals surface area contributed by atoms with Crippen molar-refractivity contribution in [3.63, 3.8) is 0 Å². The lowest BCUT2D eigenvalue weighted by atomic mass is 10.1. The molecule has 6 heteroatoms. The highest BCUT2D eigenvalue weighted by Crippen LogP contribution is 2.13. The second-order valence-electron chi connectivity index (χ2n) is 6.69. The number of hydrogen-bond donors (Lipinski definition) is 1. The third-order valence-corrected chi connectivity index (χ3v) is 3.36. The van der Waals surface area contributed by atoms with Crippen LogP contribution in [0.2, 0.25) is 0 Å². The minimum Gasteiger partial charge on any atom is -0.444 e. The molecule has 25 heavy (non-hydrogen) atoms. The Kier molecular flexibility index (Phi) is 7.61. The Labute approximate surface area is 148 Å². The predicted molar refractivity (Wildman–Crippen MR) is 96.5 cm³/mol. The molecule has 1 aromatic rings. The summed E-state index contributed by atoms with van der Waals surface area (Å²) >= 11 is 0. The summed E-state index contributed by atoms with van der Waals surface area (Å²) in [5.41, 5.74) is 0.959. The Morgan fingerprint density at radius 1 is 1.24 bits per heavy atom. The Bertz CT molecular complexity index is 619. The average Bonchev–Trinajstić information content (AvgIpc) is 2.50. The van der Waals surface area contributed by atoms with Gasteiger partial charge in [0.05, 0.1) is 0 Å². The maximum Gasteiger partial charge on any atom is 0.410 e. The van der Waals surface area contributed by atoms with Gasteiger partial charge in [-0.1, -0.05) is 12.1 Å². The first kappa shape index (κ1) is 20.7. The second-order valence-corrected chi connectivity index (χ2v) is 6.69. The predicted octanol–water partition coefficient (Wildman–Crippen LogP) is 3.60. The van der Waals surface area contributed by atoms with E-state index in [1.54, 1.807) is 19.1 Å². The van der Waals surface area contributed by atoms with Crippen molar-refractivity contribution in [2.45, 2.75) is 40.2 Å². The molecule has 0 heterocycles. The third kappa shape index (κ3) is 7.83. The van der Waals surface area contributed by atoms with E-state index in [0.29, 0.717) is 19.6 Å². The van der Waals surface area contributed by atoms with Crippen LogP contribution in [0.5, 0.6) is 0 Å². The van der Waals surface area contributed by atoms with Crippen LogP contribution in [0.3, 0.4) is 0 Å². The van der Waals surface area contributed by atoms with Gasteiger partial charge in [-0.25, -0.2) is 9.18 Å². The standard InChI is InChI=1S/C19H27FN2O3/c1-6-22(18(24)25-19(3,4)5)12-11-21-17(23)13-14(2)15-7-9-16(20)10-8-15/h7-10,13H,6,11-12H2,1-5H3,(H,21,23)/b14-13-. The molecule has 0 saturated heterocycles. The molecule has 5 nitrogen and oxygen atoms in total. The van der Waals surface area contributed by atoms with E-state index in [4.69, 9.17) is 4.74 Å². The van der Waals surface area contributed by atoms with Gasteiger partial charge in [0.2, 0.25) is 5.91 Å². The summed E-state index contributed by atoms with van der Waals surface area (Å²) in [7, 11) is 0. The highest BCUT2D eigenvalue weighted by molar-refractivity contribution is 5.94. The minimum absolute atomic E-state index is 0.262. The summed E-state index contributed by atoms with van der Waals surface area (Å²) < 4.78 is 18.2. The van der Waals surface area contributed by atoms with Crippen LogP contribution in [0.15, 0.2) is 30.3 Å². The fraction of sp³-hybridized carbons (Fsp3) is 0.474. The van der Waals surface area contributed by atoms with E-state index in [2.05, 4.69) is 5.32 Å². The first-order valence-corrected chi connectivity index (χ1v) is 8.32. The number of allylic oxidation sites excluding steroid dienone is 1. The number of likely N-dealkylation sites (N-methyl/N-ethyl adjacent to an activating group) is 1. The Hall–Kier alpha value is -2.37. The van der Waals surface area contributed by atoms with Gasteiger partial charge in [-0.05, 0) is 57.9 Å². The Balaban J connectivity index is 2.51. The largest absolute Gasteiger partial charge is 0.444 e. The zero-order chi connectivity index (χ0) is 19.0. The molecule has 0 saturated carbocycles. The number of benzene rings is 1. The average molecular weight is 350 g/mol. The van der Waals surface area contributed by atoms with Crippen molar-refractivity contribution in [1.29, 1.82) is 0 Å². The van der Waals surface area contributed by atoms with Crippen molar-refractivity contribution >= 4 is 17.6 Å². The first-order valence-electron chi connectivity index (χ1n) is 8.32. The van der Waals surface area contributed by atoms with Gasteiger partial charge in [0, 0.05) is 25.7 Å². The molecule has 1 aromatic carbocycles. The maximum absolute atomic E-state index is 12.9. The third-order valence-electron chi connectivity index (χ3n) is 3.36. The number of hydrogen-bond acceptors (Lipinski definition) is 3. The van der Waals surface area contributed by atoms with Gasteiger partial charge in [-0.2, -0.15) is 0 Å². The molecule has 0 atom stereocenters. The summed E-state index contributed by atoms with van der Waals surface area (Å²) in [5, 5.41) is 2.74. The second kappa shape index (κ2) is 9.20. The lowest BCUT2D eigenvalue weighted by Gasteiger charge is -2.26. The van der Waals surface area contributed by atoms with Crippen LogP contribution >= 0.6 is 0 Å². The molecule has 1 rings (SSSR count). The lowest BCUT2D eigenvalue weighted by molar-refractivity contribution is -0.116. The molecule has 0 fully saturated rings. The minimum atomic E-state index is -0.553. The monoisotopic (exact) mass is 350 g/mol. The van der Waals surface area contributed by atoms with Crippen LogP contribution in [0.4, 0.5) is 9.18 Å². The van der Waals surface area contributed by atoms with Gasteiger partial charge in [0.15, 0.2) is 0 Å². The zero-order valence-corrected chi connectivity index (χ0v) is 15.6. The van der Waals surface area contributed by atoms with E-state index in [1.165, 1.54) is 23.1 Å². The van der Waals surface area contributed by atoms with Crippen LogP contribution in [-0.4, -0.2) is 42.1 Å². The van der Waals surface area contributed by atoms with Crippen molar-refractivity contribution < 1.29 is 18.7 Å². The summed E-state index contributed by atoms with van der Waals surface area (Å²) in [6.45, 7) is 10.2. The van der Waals surface area contributed by atoms with Crippen molar-refractivity contribution in [1.82, 2.24) is 10.2 Å². The molecule has 2 amide bonds. The van der Waals surface area contributed by atoms with Crippen LogP contribution in [-0.2, 0) is 9.53 Å². The van der Waals surface area contributed by atoms with Crippen LogP contribution in [0.25, 0.3) is 5.57 Å². The smallest absolute Gasteiger partial charge is 0.410 e.